The van der Waals surface area contributed by atoms with Gasteiger partial charge in [0.1, 0.15) is 18.2 Å². The third-order valence-corrected chi connectivity index (χ3v) is 4.81. The van der Waals surface area contributed by atoms with E-state index >= 15 is 0 Å². The summed E-state index contributed by atoms with van der Waals surface area (Å²) in [5.41, 5.74) is 9.33. The first kappa shape index (κ1) is 14.5. The third kappa shape index (κ3) is 2.97. The summed E-state index contributed by atoms with van der Waals surface area (Å²) in [7, 11) is 0. The van der Waals surface area contributed by atoms with Crippen LogP contribution in [-0.4, -0.2) is 0 Å². The van der Waals surface area contributed by atoms with Crippen molar-refractivity contribution in [3.8, 4) is 5.75 Å². The summed E-state index contributed by atoms with van der Waals surface area (Å²) in [6.07, 6.45) is 3.09. The molecule has 2 aromatic rings. The lowest BCUT2D eigenvalue weighted by atomic mass is 9.87. The second-order valence-corrected chi connectivity index (χ2v) is 6.12. The van der Waals surface area contributed by atoms with E-state index in [2.05, 4.69) is 22.0 Å². The number of fused-ring (bicyclic) bond motifs is 1. The lowest BCUT2D eigenvalue weighted by molar-refractivity contribution is 0.299. The zero-order valence-electron chi connectivity index (χ0n) is 11.6. The van der Waals surface area contributed by atoms with Crippen LogP contribution in [0.3, 0.4) is 0 Å². The first-order valence-electron chi connectivity index (χ1n) is 7.10. The molecule has 0 aliphatic heterocycles. The van der Waals surface area contributed by atoms with Gasteiger partial charge < -0.3 is 10.5 Å². The predicted octanol–water partition coefficient (Wildman–Crippen LogP) is 4.50. The molecule has 0 heterocycles. The topological polar surface area (TPSA) is 35.2 Å². The quantitative estimate of drug-likeness (QED) is 0.884. The van der Waals surface area contributed by atoms with Gasteiger partial charge in [-0.3, -0.25) is 0 Å². The lowest BCUT2D eigenvalue weighted by Gasteiger charge is -2.24. The van der Waals surface area contributed by atoms with Crippen molar-refractivity contribution in [2.45, 2.75) is 31.9 Å². The van der Waals surface area contributed by atoms with Crippen molar-refractivity contribution < 1.29 is 9.13 Å². The van der Waals surface area contributed by atoms with Crippen molar-refractivity contribution in [2.75, 3.05) is 0 Å². The molecule has 21 heavy (non-hydrogen) atoms. The minimum Gasteiger partial charge on any atom is -0.489 e. The van der Waals surface area contributed by atoms with Gasteiger partial charge in [0.2, 0.25) is 0 Å². The van der Waals surface area contributed by atoms with Crippen molar-refractivity contribution >= 4 is 15.9 Å². The van der Waals surface area contributed by atoms with Gasteiger partial charge in [-0.05, 0) is 58.5 Å². The van der Waals surface area contributed by atoms with Gasteiger partial charge >= 0.3 is 0 Å². The summed E-state index contributed by atoms with van der Waals surface area (Å²) in [5, 5.41) is 0. The van der Waals surface area contributed by atoms with Crippen molar-refractivity contribution in [1.82, 2.24) is 0 Å². The third-order valence-electron chi connectivity index (χ3n) is 3.93. The Kier molecular flexibility index (Phi) is 4.27. The summed E-state index contributed by atoms with van der Waals surface area (Å²) in [6, 6.07) is 11.1. The molecule has 1 atom stereocenters. The molecule has 1 aliphatic rings. The van der Waals surface area contributed by atoms with E-state index in [9.17, 15) is 4.39 Å². The minimum atomic E-state index is -0.270. The summed E-state index contributed by atoms with van der Waals surface area (Å²) in [4.78, 5) is 0. The van der Waals surface area contributed by atoms with E-state index in [-0.39, 0.29) is 11.9 Å². The van der Waals surface area contributed by atoms with Gasteiger partial charge in [-0.15, -0.1) is 0 Å². The van der Waals surface area contributed by atoms with Crippen molar-refractivity contribution in [2.24, 2.45) is 5.73 Å². The Labute approximate surface area is 132 Å². The Morgan fingerprint density at radius 2 is 2.05 bits per heavy atom. The molecule has 0 spiro atoms. The molecule has 0 bridgehead atoms. The van der Waals surface area contributed by atoms with Crippen LogP contribution in [0, 0.1) is 5.82 Å². The van der Waals surface area contributed by atoms with Crippen LogP contribution >= 0.6 is 15.9 Å². The van der Waals surface area contributed by atoms with Gasteiger partial charge in [-0.1, -0.05) is 24.3 Å². The molecule has 0 radical (unpaired) electrons. The van der Waals surface area contributed by atoms with E-state index in [1.807, 2.05) is 18.2 Å². The highest BCUT2D eigenvalue weighted by Gasteiger charge is 2.20. The van der Waals surface area contributed by atoms with Gasteiger partial charge in [0.25, 0.3) is 0 Å². The van der Waals surface area contributed by atoms with Gasteiger partial charge in [0, 0.05) is 11.6 Å². The molecular formula is C17H17BrFNO. The molecule has 0 aromatic heterocycles. The van der Waals surface area contributed by atoms with Gasteiger partial charge in [-0.2, -0.15) is 0 Å². The van der Waals surface area contributed by atoms with Gasteiger partial charge in [-0.25, -0.2) is 4.39 Å². The maximum atomic E-state index is 13.5. The van der Waals surface area contributed by atoms with Crippen LogP contribution in [0.2, 0.25) is 0 Å². The van der Waals surface area contributed by atoms with Crippen LogP contribution in [0.4, 0.5) is 4.39 Å². The Bertz CT molecular complexity index is 659. The predicted molar refractivity (Wildman–Crippen MR) is 84.7 cm³/mol. The van der Waals surface area contributed by atoms with E-state index < -0.39 is 0 Å². The minimum absolute atomic E-state index is 0.0956. The highest BCUT2D eigenvalue weighted by atomic mass is 79.9. The number of hydrogen-bond acceptors (Lipinski definition) is 2. The molecule has 2 nitrogen and oxygen atoms in total. The molecule has 0 saturated heterocycles. The van der Waals surface area contributed by atoms with Crippen LogP contribution in [0.1, 0.15) is 35.6 Å². The fourth-order valence-electron chi connectivity index (χ4n) is 2.80. The number of halogens is 2. The van der Waals surface area contributed by atoms with E-state index in [4.69, 9.17) is 10.5 Å². The number of hydrogen-bond donors (Lipinski definition) is 1. The molecule has 1 unspecified atom stereocenters. The van der Waals surface area contributed by atoms with Crippen LogP contribution in [0.15, 0.2) is 40.9 Å². The van der Waals surface area contributed by atoms with Gasteiger partial charge in [0.05, 0.1) is 4.47 Å². The van der Waals surface area contributed by atoms with Crippen LogP contribution in [0.5, 0.6) is 5.75 Å². The molecule has 0 fully saturated rings. The van der Waals surface area contributed by atoms with E-state index in [0.29, 0.717) is 11.1 Å². The highest BCUT2D eigenvalue weighted by Crippen LogP contribution is 2.34. The standard InChI is InChI=1S/C17H17BrFNO/c18-17-11(4-1-7-14(17)19)10-21-16-9-3-5-12-13(16)6-2-8-15(12)20/h1,3-5,7,9,15H,2,6,8,10,20H2. The maximum Gasteiger partial charge on any atom is 0.137 e. The van der Waals surface area contributed by atoms with Crippen LogP contribution < -0.4 is 10.5 Å². The van der Waals surface area contributed by atoms with E-state index in [1.54, 1.807) is 6.07 Å². The number of rotatable bonds is 3. The first-order valence-corrected chi connectivity index (χ1v) is 7.89. The number of ether oxygens (including phenoxy) is 1. The Morgan fingerprint density at radius 1 is 1.24 bits per heavy atom. The molecule has 0 amide bonds. The molecule has 2 N–H and O–H groups in total. The summed E-state index contributed by atoms with van der Waals surface area (Å²) in [5.74, 6) is 0.590. The first-order chi connectivity index (χ1) is 10.2. The number of nitrogens with two attached hydrogens (primary N) is 1. The second kappa shape index (κ2) is 6.16. The smallest absolute Gasteiger partial charge is 0.137 e. The Hall–Kier alpha value is -1.39. The molecule has 1 aliphatic carbocycles. The average molecular weight is 350 g/mol. The Balaban J connectivity index is 1.83. The summed E-state index contributed by atoms with van der Waals surface area (Å²) in [6.45, 7) is 0.337. The van der Waals surface area contributed by atoms with Crippen molar-refractivity contribution in [1.29, 1.82) is 0 Å². The van der Waals surface area contributed by atoms with E-state index in [1.165, 1.54) is 17.2 Å². The zero-order chi connectivity index (χ0) is 14.8. The maximum absolute atomic E-state index is 13.5. The molecular weight excluding hydrogens is 333 g/mol. The molecule has 3 rings (SSSR count). The summed E-state index contributed by atoms with van der Waals surface area (Å²) >= 11 is 3.26. The fraction of sp³-hybridized carbons (Fsp3) is 0.294. The molecule has 4 heteroatoms. The SMILES string of the molecule is NC1CCCc2c(OCc3cccc(F)c3Br)cccc21. The highest BCUT2D eigenvalue weighted by molar-refractivity contribution is 9.10. The lowest BCUT2D eigenvalue weighted by Crippen LogP contribution is -2.18. The normalized spacial score (nSPS) is 17.4. The molecule has 110 valence electrons. The van der Waals surface area contributed by atoms with Crippen molar-refractivity contribution in [3.05, 3.63) is 63.4 Å². The molecule has 0 saturated carbocycles. The molecule has 2 aromatic carbocycles. The van der Waals surface area contributed by atoms with Crippen LogP contribution in [-0.2, 0) is 13.0 Å². The van der Waals surface area contributed by atoms with Crippen molar-refractivity contribution in [3.63, 3.8) is 0 Å². The second-order valence-electron chi connectivity index (χ2n) is 5.32. The number of benzene rings is 2. The fourth-order valence-corrected chi connectivity index (χ4v) is 3.18. The van der Waals surface area contributed by atoms with Gasteiger partial charge in [0.15, 0.2) is 0 Å². The summed E-state index contributed by atoms with van der Waals surface area (Å²) < 4.78 is 19.9. The average Bonchev–Trinajstić information content (AvgIpc) is 2.49. The largest absolute Gasteiger partial charge is 0.489 e. The van der Waals surface area contributed by atoms with E-state index in [0.717, 1.165) is 30.6 Å². The Morgan fingerprint density at radius 3 is 2.90 bits per heavy atom. The monoisotopic (exact) mass is 349 g/mol. The van der Waals surface area contributed by atoms with Crippen LogP contribution in [0.25, 0.3) is 0 Å². The zero-order valence-corrected chi connectivity index (χ0v) is 13.2.